The Balaban J connectivity index is 2.22. The van der Waals surface area contributed by atoms with Crippen molar-refractivity contribution in [3.63, 3.8) is 0 Å². The minimum Gasteiger partial charge on any atom is -0.493 e. The van der Waals surface area contributed by atoms with Crippen LogP contribution in [0.25, 0.3) is 0 Å². The highest BCUT2D eigenvalue weighted by atomic mass is 35.5. The molecule has 0 aromatic heterocycles. The number of methoxy groups -OCH3 is 2. The first-order valence-electron chi connectivity index (χ1n) is 8.27. The van der Waals surface area contributed by atoms with E-state index in [0.29, 0.717) is 16.5 Å². The van der Waals surface area contributed by atoms with Gasteiger partial charge in [-0.05, 0) is 22.8 Å². The number of ether oxygens (including phenoxy) is 2. The molecule has 0 radical (unpaired) electrons. The second-order valence-electron chi connectivity index (χ2n) is 7.05. The van der Waals surface area contributed by atoms with Crippen LogP contribution in [-0.2, 0) is 6.42 Å². The predicted molar refractivity (Wildman–Crippen MR) is 98.4 cm³/mol. The zero-order valence-electron chi connectivity index (χ0n) is 14.8. The summed E-state index contributed by atoms with van der Waals surface area (Å²) >= 11 is 6.72. The van der Waals surface area contributed by atoms with Gasteiger partial charge in [-0.1, -0.05) is 41.9 Å². The third-order valence-electron chi connectivity index (χ3n) is 4.97. The first kappa shape index (κ1) is 17.1. The van der Waals surface area contributed by atoms with E-state index >= 15 is 0 Å². The van der Waals surface area contributed by atoms with Gasteiger partial charge < -0.3 is 14.0 Å². The number of nitrogens with zero attached hydrogens (tertiary/aromatic N) is 1. The molecular formula is C20H25ClNO2+. The lowest BCUT2D eigenvalue weighted by molar-refractivity contribution is -0.890. The quantitative estimate of drug-likeness (QED) is 0.612. The van der Waals surface area contributed by atoms with Crippen molar-refractivity contribution < 1.29 is 14.0 Å². The molecule has 0 bridgehead atoms. The maximum Gasteiger partial charge on any atom is 0.179 e. The molecule has 0 fully saturated rings. The van der Waals surface area contributed by atoms with Gasteiger partial charge in [0.15, 0.2) is 11.5 Å². The Morgan fingerprint density at radius 2 is 1.79 bits per heavy atom. The van der Waals surface area contributed by atoms with Crippen molar-refractivity contribution in [3.05, 3.63) is 58.1 Å². The zero-order valence-corrected chi connectivity index (χ0v) is 15.6. The van der Waals surface area contributed by atoms with E-state index in [4.69, 9.17) is 21.1 Å². The molecule has 0 unspecified atom stereocenters. The predicted octanol–water partition coefficient (Wildman–Crippen LogP) is 4.12. The Morgan fingerprint density at radius 1 is 1.08 bits per heavy atom. The average molecular weight is 351 g/mol. The minimum absolute atomic E-state index is 0.288. The summed E-state index contributed by atoms with van der Waals surface area (Å²) in [6, 6.07) is 12.8. The van der Waals surface area contributed by atoms with E-state index in [-0.39, 0.29) is 5.92 Å². The Labute approximate surface area is 149 Å². The molecule has 0 saturated heterocycles. The van der Waals surface area contributed by atoms with E-state index in [1.54, 1.807) is 14.2 Å². The summed E-state index contributed by atoms with van der Waals surface area (Å²) in [5, 5.41) is 0.690. The van der Waals surface area contributed by atoms with Crippen LogP contribution < -0.4 is 9.47 Å². The molecule has 24 heavy (non-hydrogen) atoms. The number of quaternary nitrogens is 1. The fourth-order valence-electron chi connectivity index (χ4n) is 3.64. The molecule has 1 aliphatic rings. The second-order valence-corrected chi connectivity index (χ2v) is 7.43. The number of hydrogen-bond donors (Lipinski definition) is 0. The van der Waals surface area contributed by atoms with Crippen LogP contribution in [0.4, 0.5) is 0 Å². The van der Waals surface area contributed by atoms with E-state index in [0.717, 1.165) is 24.0 Å². The lowest BCUT2D eigenvalue weighted by atomic mass is 9.87. The molecule has 4 heteroatoms. The summed E-state index contributed by atoms with van der Waals surface area (Å²) in [7, 11) is 7.87. The third kappa shape index (κ3) is 3.11. The summed E-state index contributed by atoms with van der Waals surface area (Å²) in [5.41, 5.74) is 3.76. The molecule has 1 aliphatic heterocycles. The molecule has 0 spiro atoms. The fourth-order valence-corrected chi connectivity index (χ4v) is 4.02. The molecule has 0 saturated carbocycles. The number of benzene rings is 2. The van der Waals surface area contributed by atoms with Crippen LogP contribution >= 0.6 is 11.6 Å². The van der Waals surface area contributed by atoms with Gasteiger partial charge in [0.25, 0.3) is 0 Å². The van der Waals surface area contributed by atoms with E-state index in [1.165, 1.54) is 16.7 Å². The lowest BCUT2D eigenvalue weighted by Gasteiger charge is -2.31. The second kappa shape index (κ2) is 6.66. The minimum atomic E-state index is 0.288. The number of rotatable bonds is 3. The molecule has 0 aliphatic carbocycles. The smallest absolute Gasteiger partial charge is 0.179 e. The van der Waals surface area contributed by atoms with Crippen LogP contribution in [0.2, 0.25) is 5.02 Å². The van der Waals surface area contributed by atoms with Gasteiger partial charge in [0.05, 0.1) is 52.3 Å². The summed E-state index contributed by atoms with van der Waals surface area (Å²) in [5.74, 6) is 1.63. The Bertz CT molecular complexity index is 728. The van der Waals surface area contributed by atoms with Crippen molar-refractivity contribution >= 4 is 11.6 Å². The molecule has 0 N–H and O–H groups in total. The number of hydrogen-bond acceptors (Lipinski definition) is 2. The molecule has 128 valence electrons. The van der Waals surface area contributed by atoms with E-state index in [1.807, 2.05) is 0 Å². The summed E-state index contributed by atoms with van der Waals surface area (Å²) < 4.78 is 12.0. The molecule has 0 amide bonds. The van der Waals surface area contributed by atoms with Crippen molar-refractivity contribution in [3.8, 4) is 11.5 Å². The fraction of sp³-hybridized carbons (Fsp3) is 0.400. The summed E-state index contributed by atoms with van der Waals surface area (Å²) in [6.45, 7) is 2.08. The van der Waals surface area contributed by atoms with Gasteiger partial charge in [-0.15, -0.1) is 0 Å². The molecular weight excluding hydrogens is 326 g/mol. The van der Waals surface area contributed by atoms with Crippen LogP contribution in [0.1, 0.15) is 22.6 Å². The van der Waals surface area contributed by atoms with Crippen LogP contribution in [0.15, 0.2) is 36.4 Å². The largest absolute Gasteiger partial charge is 0.493 e. The highest BCUT2D eigenvalue weighted by Gasteiger charge is 2.33. The monoisotopic (exact) mass is 350 g/mol. The van der Waals surface area contributed by atoms with Gasteiger partial charge in [-0.2, -0.15) is 0 Å². The molecule has 1 atom stereocenters. The highest BCUT2D eigenvalue weighted by Crippen LogP contribution is 2.45. The van der Waals surface area contributed by atoms with E-state index in [9.17, 15) is 0 Å². The summed E-state index contributed by atoms with van der Waals surface area (Å²) in [6.07, 6.45) is 0.935. The molecule has 1 heterocycles. The molecule has 2 aromatic carbocycles. The van der Waals surface area contributed by atoms with E-state index < -0.39 is 0 Å². The average Bonchev–Trinajstić information content (AvgIpc) is 2.72. The van der Waals surface area contributed by atoms with E-state index in [2.05, 4.69) is 50.5 Å². The first-order valence-corrected chi connectivity index (χ1v) is 8.65. The Kier molecular flexibility index (Phi) is 4.75. The van der Waals surface area contributed by atoms with Crippen LogP contribution in [0, 0.1) is 0 Å². The van der Waals surface area contributed by atoms with Crippen molar-refractivity contribution in [2.24, 2.45) is 0 Å². The van der Waals surface area contributed by atoms with Crippen LogP contribution in [0.5, 0.6) is 11.5 Å². The van der Waals surface area contributed by atoms with Gasteiger partial charge >= 0.3 is 0 Å². The van der Waals surface area contributed by atoms with Gasteiger partial charge in [0.1, 0.15) is 0 Å². The third-order valence-corrected chi connectivity index (χ3v) is 5.37. The maximum atomic E-state index is 6.72. The highest BCUT2D eigenvalue weighted by molar-refractivity contribution is 6.33. The van der Waals surface area contributed by atoms with Gasteiger partial charge in [-0.25, -0.2) is 0 Å². The molecule has 3 rings (SSSR count). The standard InChI is InChI=1S/C20H25ClNO2/c1-22(2)11-10-15-16(12-18(23-3)20(24-4)19(15)21)17(13-22)14-8-6-5-7-9-14/h5-9,12,17H,10-11,13H2,1-4H3/q+1/t17-/m1/s1/i1+1,2+1,3+1,4+1. The topological polar surface area (TPSA) is 18.5 Å². The van der Waals surface area contributed by atoms with Crippen molar-refractivity contribution in [2.45, 2.75) is 12.3 Å². The number of likely N-dealkylation sites (N-methyl/N-ethyl adjacent to an activating group) is 1. The maximum absolute atomic E-state index is 6.72. The van der Waals surface area contributed by atoms with Gasteiger partial charge in [0.2, 0.25) is 0 Å². The Hall–Kier alpha value is -1.71. The lowest BCUT2D eigenvalue weighted by Crippen LogP contribution is -2.43. The van der Waals surface area contributed by atoms with Crippen LogP contribution in [0.3, 0.4) is 0 Å². The SMILES string of the molecule is [13CH3]Oc1cc2c(c(Cl)c1O[13CH3])CC[N+]([13CH3])([13CH3])C[C@@H]2c1ccccc1. The van der Waals surface area contributed by atoms with Crippen molar-refractivity contribution in [1.29, 1.82) is 0 Å². The normalized spacial score (nSPS) is 19.3. The van der Waals surface area contributed by atoms with Crippen LogP contribution in [-0.4, -0.2) is 45.9 Å². The van der Waals surface area contributed by atoms with Gasteiger partial charge in [-0.3, -0.25) is 0 Å². The molecule has 3 nitrogen and oxygen atoms in total. The van der Waals surface area contributed by atoms with Crippen molar-refractivity contribution in [2.75, 3.05) is 41.4 Å². The number of fused-ring (bicyclic) bond motifs is 1. The Morgan fingerprint density at radius 3 is 2.42 bits per heavy atom. The van der Waals surface area contributed by atoms with Gasteiger partial charge in [0, 0.05) is 6.42 Å². The zero-order chi connectivity index (χ0) is 17.3. The summed E-state index contributed by atoms with van der Waals surface area (Å²) in [4.78, 5) is 0. The molecule has 2 aromatic rings. The first-order chi connectivity index (χ1) is 11.5. The van der Waals surface area contributed by atoms with Crippen molar-refractivity contribution in [1.82, 2.24) is 0 Å². The number of halogens is 1.